The first-order chi connectivity index (χ1) is 11.0. The Balaban J connectivity index is 1.77. The summed E-state index contributed by atoms with van der Waals surface area (Å²) in [5.41, 5.74) is 1.58. The highest BCUT2D eigenvalue weighted by Gasteiger charge is 2.11. The van der Waals surface area contributed by atoms with Gasteiger partial charge < -0.3 is 5.21 Å². The summed E-state index contributed by atoms with van der Waals surface area (Å²) >= 11 is 6.98. The molecule has 0 aliphatic rings. The number of hydrogen-bond donors (Lipinski definition) is 1. The van der Waals surface area contributed by atoms with Crippen LogP contribution >= 0.6 is 22.9 Å². The molecule has 0 atom stereocenters. The van der Waals surface area contributed by atoms with E-state index in [0.29, 0.717) is 26.7 Å². The minimum absolute atomic E-state index is 0.0105. The van der Waals surface area contributed by atoms with Crippen LogP contribution < -0.4 is 10.0 Å². The van der Waals surface area contributed by atoms with E-state index in [0.717, 1.165) is 0 Å². The van der Waals surface area contributed by atoms with Gasteiger partial charge in [0.05, 0.1) is 16.3 Å². The molecule has 3 rings (SSSR count). The van der Waals surface area contributed by atoms with Gasteiger partial charge in [-0.3, -0.25) is 10.1 Å². The van der Waals surface area contributed by atoms with Gasteiger partial charge in [0, 0.05) is 23.1 Å². The first-order valence-electron chi connectivity index (χ1n) is 6.44. The fraction of sp³-hybridized carbons (Fsp3) is 0. The summed E-state index contributed by atoms with van der Waals surface area (Å²) in [6.07, 6.45) is 2.48. The number of halogens is 2. The molecule has 1 N–H and O–H groups in total. The highest BCUT2D eigenvalue weighted by atomic mass is 35.5. The lowest BCUT2D eigenvalue weighted by Crippen LogP contribution is -2.25. The van der Waals surface area contributed by atoms with E-state index in [1.54, 1.807) is 11.4 Å². The normalized spacial score (nSPS) is 10.5. The summed E-state index contributed by atoms with van der Waals surface area (Å²) in [5, 5.41) is 15.7. The average molecular weight is 350 g/mol. The van der Waals surface area contributed by atoms with Crippen molar-refractivity contribution in [2.75, 3.05) is 5.32 Å². The summed E-state index contributed by atoms with van der Waals surface area (Å²) in [4.78, 5) is 16.3. The Bertz CT molecular complexity index is 867. The molecule has 0 saturated heterocycles. The molecule has 1 amide bonds. The number of amides is 1. The first kappa shape index (κ1) is 15.4. The number of nitrogens with zero attached hydrogens (tertiary/aromatic N) is 2. The van der Waals surface area contributed by atoms with Gasteiger partial charge in [-0.15, -0.1) is 11.3 Å². The maximum atomic E-state index is 13.2. The number of aromatic nitrogens is 2. The van der Waals surface area contributed by atoms with E-state index < -0.39 is 5.82 Å². The molecule has 0 spiro atoms. The van der Waals surface area contributed by atoms with Gasteiger partial charge in [0.2, 0.25) is 0 Å². The molecule has 23 heavy (non-hydrogen) atoms. The van der Waals surface area contributed by atoms with E-state index in [1.807, 2.05) is 0 Å². The Labute approximate surface area is 139 Å². The van der Waals surface area contributed by atoms with Gasteiger partial charge in [0.1, 0.15) is 5.82 Å². The number of nitrogens with one attached hydrogen (secondary N) is 1. The first-order valence-corrected chi connectivity index (χ1v) is 7.70. The van der Waals surface area contributed by atoms with Crippen LogP contribution in [0.2, 0.25) is 5.02 Å². The Kier molecular flexibility index (Phi) is 4.22. The Morgan fingerprint density at radius 2 is 2.04 bits per heavy atom. The van der Waals surface area contributed by atoms with E-state index in [2.05, 4.69) is 10.3 Å². The van der Waals surface area contributed by atoms with Crippen molar-refractivity contribution < 1.29 is 13.9 Å². The lowest BCUT2D eigenvalue weighted by Gasteiger charge is -2.01. The van der Waals surface area contributed by atoms with Crippen molar-refractivity contribution in [3.8, 4) is 11.3 Å². The molecule has 0 radical (unpaired) electrons. The Morgan fingerprint density at radius 3 is 2.74 bits per heavy atom. The van der Waals surface area contributed by atoms with E-state index >= 15 is 0 Å². The quantitative estimate of drug-likeness (QED) is 0.581. The van der Waals surface area contributed by atoms with Crippen LogP contribution in [0.4, 0.5) is 9.52 Å². The lowest BCUT2D eigenvalue weighted by atomic mass is 10.2. The molecule has 2 heterocycles. The van der Waals surface area contributed by atoms with Crippen molar-refractivity contribution >= 4 is 34.0 Å². The van der Waals surface area contributed by atoms with Crippen molar-refractivity contribution in [2.45, 2.75) is 0 Å². The number of hydrogen-bond acceptors (Lipinski definition) is 4. The number of anilines is 1. The van der Waals surface area contributed by atoms with Crippen LogP contribution in [0.3, 0.4) is 0 Å². The van der Waals surface area contributed by atoms with E-state index in [-0.39, 0.29) is 10.9 Å². The molecule has 0 saturated carbocycles. The van der Waals surface area contributed by atoms with Gasteiger partial charge in [-0.1, -0.05) is 11.6 Å². The second-order valence-electron chi connectivity index (χ2n) is 4.57. The maximum absolute atomic E-state index is 13.2. The van der Waals surface area contributed by atoms with E-state index in [9.17, 15) is 14.4 Å². The molecule has 0 bridgehead atoms. The van der Waals surface area contributed by atoms with Gasteiger partial charge in [-0.2, -0.15) is 4.73 Å². The smallest absolute Gasteiger partial charge is 0.257 e. The zero-order valence-corrected chi connectivity index (χ0v) is 13.1. The molecule has 0 unspecified atom stereocenters. The molecule has 116 valence electrons. The van der Waals surface area contributed by atoms with Crippen LogP contribution in [0.5, 0.6) is 0 Å². The van der Waals surface area contributed by atoms with Crippen molar-refractivity contribution in [3.05, 3.63) is 69.7 Å². The summed E-state index contributed by atoms with van der Waals surface area (Å²) in [6.45, 7) is 0. The Hall–Kier alpha value is -2.51. The van der Waals surface area contributed by atoms with Crippen LogP contribution in [0.25, 0.3) is 11.3 Å². The van der Waals surface area contributed by atoms with Crippen molar-refractivity contribution in [3.63, 3.8) is 0 Å². The molecule has 2 aromatic heterocycles. The van der Waals surface area contributed by atoms with Gasteiger partial charge in [0.15, 0.2) is 17.5 Å². The summed E-state index contributed by atoms with van der Waals surface area (Å²) in [6, 6.07) is 7.12. The van der Waals surface area contributed by atoms with Crippen LogP contribution in [0.15, 0.2) is 48.1 Å². The predicted molar refractivity (Wildman–Crippen MR) is 85.9 cm³/mol. The number of benzene rings is 1. The number of pyridine rings is 1. The fourth-order valence-corrected chi connectivity index (χ4v) is 2.75. The monoisotopic (exact) mass is 349 g/mol. The molecule has 5 nitrogen and oxygen atoms in total. The topological polar surface area (TPSA) is 68.9 Å². The van der Waals surface area contributed by atoms with Gasteiger partial charge in [0.25, 0.3) is 5.91 Å². The van der Waals surface area contributed by atoms with Crippen molar-refractivity contribution in [1.29, 1.82) is 0 Å². The SMILES string of the molecule is O=C(Nc1nc(-c2ccc(F)c(Cl)c2)cs1)c1cc[n+]([O-])cc1. The number of carbonyl (C=O) groups excluding carboxylic acids is 1. The zero-order chi connectivity index (χ0) is 16.4. The highest BCUT2D eigenvalue weighted by molar-refractivity contribution is 7.14. The van der Waals surface area contributed by atoms with Crippen molar-refractivity contribution in [1.82, 2.24) is 4.98 Å². The molecular weight excluding hydrogens is 341 g/mol. The minimum atomic E-state index is -0.501. The largest absolute Gasteiger partial charge is 0.619 e. The third-order valence-corrected chi connectivity index (χ3v) is 4.05. The molecule has 8 heteroatoms. The number of rotatable bonds is 3. The van der Waals surface area contributed by atoms with Gasteiger partial charge >= 0.3 is 0 Å². The van der Waals surface area contributed by atoms with E-state index in [4.69, 9.17) is 11.6 Å². The van der Waals surface area contributed by atoms with Gasteiger partial charge in [-0.05, 0) is 18.2 Å². The van der Waals surface area contributed by atoms with Crippen molar-refractivity contribution in [2.24, 2.45) is 0 Å². The number of carbonyl (C=O) groups is 1. The molecule has 0 aliphatic carbocycles. The highest BCUT2D eigenvalue weighted by Crippen LogP contribution is 2.28. The van der Waals surface area contributed by atoms with E-state index in [1.165, 1.54) is 48.0 Å². The minimum Gasteiger partial charge on any atom is -0.619 e. The van der Waals surface area contributed by atoms with Crippen LogP contribution in [-0.2, 0) is 0 Å². The molecule has 0 aliphatic heterocycles. The fourth-order valence-electron chi connectivity index (χ4n) is 1.85. The third kappa shape index (κ3) is 3.46. The van der Waals surface area contributed by atoms with Crippen LogP contribution in [0, 0.1) is 11.0 Å². The zero-order valence-electron chi connectivity index (χ0n) is 11.5. The number of thiazole rings is 1. The summed E-state index contributed by atoms with van der Waals surface area (Å²) < 4.78 is 13.8. The summed E-state index contributed by atoms with van der Waals surface area (Å²) in [5.74, 6) is -0.873. The maximum Gasteiger partial charge on any atom is 0.257 e. The van der Waals surface area contributed by atoms with Crippen LogP contribution in [0.1, 0.15) is 10.4 Å². The predicted octanol–water partition coefficient (Wildman–Crippen LogP) is 3.49. The summed E-state index contributed by atoms with van der Waals surface area (Å²) in [7, 11) is 0. The average Bonchev–Trinajstić information content (AvgIpc) is 2.99. The van der Waals surface area contributed by atoms with Crippen LogP contribution in [-0.4, -0.2) is 10.9 Å². The molecule has 0 fully saturated rings. The Morgan fingerprint density at radius 1 is 1.30 bits per heavy atom. The molecular formula is C15H9ClFN3O2S. The molecule has 3 aromatic rings. The second-order valence-corrected chi connectivity index (χ2v) is 5.83. The third-order valence-electron chi connectivity index (χ3n) is 3.00. The second kappa shape index (κ2) is 6.31. The van der Waals surface area contributed by atoms with Gasteiger partial charge in [-0.25, -0.2) is 9.37 Å². The molecule has 1 aromatic carbocycles. The lowest BCUT2D eigenvalue weighted by molar-refractivity contribution is -0.605. The standard InChI is InChI=1S/C15H9ClFN3O2S/c16-11-7-10(1-2-12(11)17)13-8-23-15(18-13)19-14(21)9-3-5-20(22)6-4-9/h1-8H,(H,18,19,21).